The number of carbonyl (C=O) groups is 1. The second-order valence-corrected chi connectivity index (χ2v) is 5.52. The van der Waals surface area contributed by atoms with Gasteiger partial charge in [0.25, 0.3) is 0 Å². The molecule has 0 spiro atoms. The fourth-order valence-corrected chi connectivity index (χ4v) is 3.09. The molecule has 1 N–H and O–H groups in total. The Morgan fingerprint density at radius 1 is 1.44 bits per heavy atom. The first-order chi connectivity index (χ1) is 7.75. The zero-order valence-corrected chi connectivity index (χ0v) is 10.3. The maximum absolute atomic E-state index is 11.9. The molecule has 1 aliphatic heterocycles. The van der Waals surface area contributed by atoms with Gasteiger partial charge < -0.3 is 5.32 Å². The molecule has 1 heterocycles. The highest BCUT2D eigenvalue weighted by Gasteiger charge is 2.21. The number of nitrogens with one attached hydrogen (secondary N) is 1. The van der Waals surface area contributed by atoms with Crippen molar-refractivity contribution in [3.8, 4) is 0 Å². The minimum absolute atomic E-state index is 0.147. The van der Waals surface area contributed by atoms with Crippen molar-refractivity contribution < 1.29 is 4.79 Å². The summed E-state index contributed by atoms with van der Waals surface area (Å²) in [6.07, 6.45) is 3.44. The van der Waals surface area contributed by atoms with Gasteiger partial charge in [0.2, 0.25) is 5.91 Å². The zero-order valence-electron chi connectivity index (χ0n) is 9.53. The van der Waals surface area contributed by atoms with E-state index in [-0.39, 0.29) is 11.2 Å². The van der Waals surface area contributed by atoms with Crippen molar-refractivity contribution in [3.63, 3.8) is 0 Å². The molecule has 1 aromatic rings. The van der Waals surface area contributed by atoms with Crippen LogP contribution < -0.4 is 5.32 Å². The van der Waals surface area contributed by atoms with Crippen LogP contribution in [0.4, 0.5) is 5.69 Å². The van der Waals surface area contributed by atoms with Crippen LogP contribution in [-0.2, 0) is 4.79 Å². The fourth-order valence-electron chi connectivity index (χ4n) is 1.89. The van der Waals surface area contributed by atoms with E-state index in [0.29, 0.717) is 0 Å². The van der Waals surface area contributed by atoms with Crippen LogP contribution in [0.25, 0.3) is 0 Å². The van der Waals surface area contributed by atoms with Crippen LogP contribution in [0.5, 0.6) is 0 Å². The summed E-state index contributed by atoms with van der Waals surface area (Å²) in [4.78, 5) is 11.9. The Bertz CT molecular complexity index is 372. The molecule has 1 amide bonds. The molecule has 0 bridgehead atoms. The van der Waals surface area contributed by atoms with E-state index in [9.17, 15) is 4.79 Å². The molecule has 0 aromatic heterocycles. The Balaban J connectivity index is 1.96. The molecular weight excluding hydrogens is 218 g/mol. The minimum Gasteiger partial charge on any atom is -0.325 e. The van der Waals surface area contributed by atoms with Gasteiger partial charge in [-0.25, -0.2) is 0 Å². The monoisotopic (exact) mass is 235 g/mol. The predicted octanol–water partition coefficient (Wildman–Crippen LogP) is 3.22. The van der Waals surface area contributed by atoms with E-state index in [1.807, 2.05) is 31.2 Å². The molecule has 1 aromatic carbocycles. The Hall–Kier alpha value is -0.960. The summed E-state index contributed by atoms with van der Waals surface area (Å²) < 4.78 is 0. The lowest BCUT2D eigenvalue weighted by molar-refractivity contribution is -0.115. The first-order valence-electron chi connectivity index (χ1n) is 5.75. The van der Waals surface area contributed by atoms with Crippen molar-refractivity contribution in [1.82, 2.24) is 0 Å². The second-order valence-electron chi connectivity index (χ2n) is 4.21. The third kappa shape index (κ3) is 3.01. The van der Waals surface area contributed by atoms with Crippen molar-refractivity contribution in [2.24, 2.45) is 0 Å². The normalized spacial score (nSPS) is 20.4. The van der Waals surface area contributed by atoms with E-state index in [0.717, 1.165) is 17.9 Å². The summed E-state index contributed by atoms with van der Waals surface area (Å²) in [6, 6.07) is 7.95. The predicted molar refractivity (Wildman–Crippen MR) is 69.9 cm³/mol. The van der Waals surface area contributed by atoms with Gasteiger partial charge in [-0.05, 0) is 43.2 Å². The van der Waals surface area contributed by atoms with Gasteiger partial charge in [0.05, 0.1) is 5.25 Å². The summed E-state index contributed by atoms with van der Waals surface area (Å²) in [5.74, 6) is 1.28. The standard InChI is InChI=1S/C13H17NOS/c1-10-5-4-6-11(9-10)14-13(15)12-7-2-3-8-16-12/h4-6,9,12H,2-3,7-8H2,1H3,(H,14,15). The van der Waals surface area contributed by atoms with Crippen LogP contribution in [0.2, 0.25) is 0 Å². The van der Waals surface area contributed by atoms with Crippen molar-refractivity contribution >= 4 is 23.4 Å². The number of carbonyl (C=O) groups excluding carboxylic acids is 1. The highest BCUT2D eigenvalue weighted by Crippen LogP contribution is 2.26. The van der Waals surface area contributed by atoms with E-state index in [4.69, 9.17) is 0 Å². The first kappa shape index (κ1) is 11.5. The van der Waals surface area contributed by atoms with Crippen molar-refractivity contribution in [2.75, 3.05) is 11.1 Å². The van der Waals surface area contributed by atoms with Crippen molar-refractivity contribution in [1.29, 1.82) is 0 Å². The summed E-state index contributed by atoms with van der Waals surface area (Å²) in [5, 5.41) is 3.14. The molecule has 1 unspecified atom stereocenters. The van der Waals surface area contributed by atoms with E-state index in [1.54, 1.807) is 11.8 Å². The van der Waals surface area contributed by atoms with Gasteiger partial charge in [-0.1, -0.05) is 18.6 Å². The molecule has 1 aliphatic rings. The third-order valence-electron chi connectivity index (χ3n) is 2.76. The average Bonchev–Trinajstić information content (AvgIpc) is 2.30. The number of anilines is 1. The molecule has 1 saturated heterocycles. The number of aryl methyl sites for hydroxylation is 1. The van der Waals surface area contributed by atoms with Crippen molar-refractivity contribution in [2.45, 2.75) is 31.4 Å². The van der Waals surface area contributed by atoms with Crippen LogP contribution in [0.15, 0.2) is 24.3 Å². The Morgan fingerprint density at radius 2 is 2.31 bits per heavy atom. The topological polar surface area (TPSA) is 29.1 Å². The van der Waals surface area contributed by atoms with Gasteiger partial charge >= 0.3 is 0 Å². The highest BCUT2D eigenvalue weighted by molar-refractivity contribution is 8.00. The molecule has 86 valence electrons. The Morgan fingerprint density at radius 3 is 3.00 bits per heavy atom. The summed E-state index contributed by atoms with van der Waals surface area (Å²) in [6.45, 7) is 2.03. The van der Waals surface area contributed by atoms with E-state index < -0.39 is 0 Å². The number of rotatable bonds is 2. The van der Waals surface area contributed by atoms with E-state index >= 15 is 0 Å². The minimum atomic E-state index is 0.147. The molecular formula is C13H17NOS. The van der Waals surface area contributed by atoms with Gasteiger partial charge in [-0.2, -0.15) is 0 Å². The maximum atomic E-state index is 11.9. The van der Waals surface area contributed by atoms with Gasteiger partial charge in [-0.3, -0.25) is 4.79 Å². The SMILES string of the molecule is Cc1cccc(NC(=O)C2CCCCS2)c1. The number of hydrogen-bond acceptors (Lipinski definition) is 2. The van der Waals surface area contributed by atoms with Crippen LogP contribution >= 0.6 is 11.8 Å². The van der Waals surface area contributed by atoms with Crippen molar-refractivity contribution in [3.05, 3.63) is 29.8 Å². The fraction of sp³-hybridized carbons (Fsp3) is 0.462. The molecule has 2 rings (SSSR count). The van der Waals surface area contributed by atoms with E-state index in [2.05, 4.69) is 5.32 Å². The molecule has 2 nitrogen and oxygen atoms in total. The van der Waals surface area contributed by atoms with Crippen LogP contribution in [-0.4, -0.2) is 16.9 Å². The Kier molecular flexibility index (Phi) is 3.88. The quantitative estimate of drug-likeness (QED) is 0.852. The first-order valence-corrected chi connectivity index (χ1v) is 6.80. The lowest BCUT2D eigenvalue weighted by Crippen LogP contribution is -2.27. The number of amides is 1. The number of benzene rings is 1. The molecule has 0 radical (unpaired) electrons. The van der Waals surface area contributed by atoms with Crippen LogP contribution in [0.1, 0.15) is 24.8 Å². The molecule has 16 heavy (non-hydrogen) atoms. The van der Waals surface area contributed by atoms with Gasteiger partial charge in [0, 0.05) is 5.69 Å². The van der Waals surface area contributed by atoms with Gasteiger partial charge in [0.1, 0.15) is 0 Å². The second kappa shape index (κ2) is 5.39. The van der Waals surface area contributed by atoms with Crippen LogP contribution in [0.3, 0.4) is 0 Å². The molecule has 3 heteroatoms. The van der Waals surface area contributed by atoms with Gasteiger partial charge in [-0.15, -0.1) is 11.8 Å². The maximum Gasteiger partial charge on any atom is 0.237 e. The average molecular weight is 235 g/mol. The van der Waals surface area contributed by atoms with E-state index in [1.165, 1.54) is 18.4 Å². The van der Waals surface area contributed by atoms with Crippen LogP contribution in [0, 0.1) is 6.92 Å². The highest BCUT2D eigenvalue weighted by atomic mass is 32.2. The number of thioether (sulfide) groups is 1. The zero-order chi connectivity index (χ0) is 11.4. The smallest absolute Gasteiger partial charge is 0.237 e. The lowest BCUT2D eigenvalue weighted by atomic mass is 10.1. The molecule has 1 atom stereocenters. The van der Waals surface area contributed by atoms with Gasteiger partial charge in [0.15, 0.2) is 0 Å². The summed E-state index contributed by atoms with van der Waals surface area (Å²) >= 11 is 1.78. The Labute approximate surface area is 101 Å². The molecule has 0 saturated carbocycles. The number of hydrogen-bond donors (Lipinski definition) is 1. The summed E-state index contributed by atoms with van der Waals surface area (Å²) in [7, 11) is 0. The summed E-state index contributed by atoms with van der Waals surface area (Å²) in [5.41, 5.74) is 2.09. The molecule has 1 fully saturated rings. The largest absolute Gasteiger partial charge is 0.325 e. The molecule has 0 aliphatic carbocycles. The lowest BCUT2D eigenvalue weighted by Gasteiger charge is -2.20. The third-order valence-corrected chi connectivity index (χ3v) is 4.13.